The number of hydrogen-bond donors (Lipinski definition) is 2. The normalized spacial score (nSPS) is 14.6. The predicted molar refractivity (Wildman–Crippen MR) is 71.5 cm³/mol. The fraction of sp³-hybridized carbons (Fsp3) is 0.462. The number of aliphatic carboxylic acids is 1. The summed E-state index contributed by atoms with van der Waals surface area (Å²) in [7, 11) is 0. The molecule has 17 heavy (non-hydrogen) atoms. The van der Waals surface area contributed by atoms with E-state index in [2.05, 4.69) is 26.0 Å². The molecule has 0 bridgehead atoms. The van der Waals surface area contributed by atoms with E-state index in [1.165, 1.54) is 24.2 Å². The number of hydrogen-bond acceptors (Lipinski definition) is 3. The third kappa shape index (κ3) is 4.06. The lowest BCUT2D eigenvalue weighted by atomic mass is 10.0. The SMILES string of the molecule is CC(C)c1ccc(SCC(C)(N)C(=O)O)cc1. The molecular formula is C13H19NO2S. The minimum absolute atomic E-state index is 0.364. The van der Waals surface area contributed by atoms with Crippen LogP contribution in [0.1, 0.15) is 32.3 Å². The first kappa shape index (κ1) is 14.1. The maximum atomic E-state index is 10.8. The smallest absolute Gasteiger partial charge is 0.324 e. The molecule has 3 nitrogen and oxygen atoms in total. The second-order valence-electron chi connectivity index (χ2n) is 4.74. The Morgan fingerprint density at radius 1 is 1.41 bits per heavy atom. The molecule has 4 heteroatoms. The summed E-state index contributed by atoms with van der Waals surface area (Å²) in [5.41, 5.74) is 5.77. The number of carboxylic acid groups (broad SMARTS) is 1. The molecule has 0 aromatic heterocycles. The van der Waals surface area contributed by atoms with Gasteiger partial charge in [-0.3, -0.25) is 4.79 Å². The lowest BCUT2D eigenvalue weighted by molar-refractivity contribution is -0.141. The van der Waals surface area contributed by atoms with Gasteiger partial charge >= 0.3 is 5.97 Å². The zero-order valence-electron chi connectivity index (χ0n) is 10.4. The van der Waals surface area contributed by atoms with Gasteiger partial charge in [-0.05, 0) is 30.5 Å². The molecule has 0 aliphatic heterocycles. The summed E-state index contributed by atoms with van der Waals surface area (Å²) in [6.07, 6.45) is 0. The van der Waals surface area contributed by atoms with Crippen LogP contribution in [0.3, 0.4) is 0 Å². The molecule has 0 spiro atoms. The molecule has 0 fully saturated rings. The Bertz CT molecular complexity index is 385. The van der Waals surface area contributed by atoms with Crippen LogP contribution < -0.4 is 5.73 Å². The minimum atomic E-state index is -1.18. The van der Waals surface area contributed by atoms with Crippen LogP contribution in [0.25, 0.3) is 0 Å². The van der Waals surface area contributed by atoms with Crippen molar-refractivity contribution in [3.63, 3.8) is 0 Å². The van der Waals surface area contributed by atoms with E-state index in [0.717, 1.165) is 4.90 Å². The molecule has 0 saturated carbocycles. The Hall–Kier alpha value is -1.00. The van der Waals surface area contributed by atoms with Gasteiger partial charge in [0.15, 0.2) is 0 Å². The molecule has 0 aliphatic carbocycles. The van der Waals surface area contributed by atoms with E-state index in [4.69, 9.17) is 10.8 Å². The van der Waals surface area contributed by atoms with Gasteiger partial charge in [0.25, 0.3) is 0 Å². The van der Waals surface area contributed by atoms with Gasteiger partial charge in [-0.1, -0.05) is 26.0 Å². The second kappa shape index (κ2) is 5.56. The van der Waals surface area contributed by atoms with E-state index < -0.39 is 11.5 Å². The molecule has 1 atom stereocenters. The van der Waals surface area contributed by atoms with Gasteiger partial charge in [0.05, 0.1) is 0 Å². The first-order chi connectivity index (χ1) is 7.83. The highest BCUT2D eigenvalue weighted by molar-refractivity contribution is 7.99. The lowest BCUT2D eigenvalue weighted by Gasteiger charge is -2.18. The van der Waals surface area contributed by atoms with Crippen molar-refractivity contribution >= 4 is 17.7 Å². The van der Waals surface area contributed by atoms with Gasteiger partial charge < -0.3 is 10.8 Å². The molecule has 1 rings (SSSR count). The number of nitrogens with two attached hydrogens (primary N) is 1. The molecule has 0 heterocycles. The molecule has 3 N–H and O–H groups in total. The van der Waals surface area contributed by atoms with E-state index in [0.29, 0.717) is 11.7 Å². The van der Waals surface area contributed by atoms with Crippen molar-refractivity contribution in [3.8, 4) is 0 Å². The highest BCUT2D eigenvalue weighted by Gasteiger charge is 2.27. The van der Waals surface area contributed by atoms with Crippen LogP contribution in [0.2, 0.25) is 0 Å². The van der Waals surface area contributed by atoms with E-state index in [-0.39, 0.29) is 0 Å². The van der Waals surface area contributed by atoms with Gasteiger partial charge in [0.1, 0.15) is 5.54 Å². The third-order valence-corrected chi connectivity index (χ3v) is 3.92. The van der Waals surface area contributed by atoms with Crippen molar-refractivity contribution in [2.24, 2.45) is 5.73 Å². The molecule has 0 radical (unpaired) electrons. The Labute approximate surface area is 106 Å². The standard InChI is InChI=1S/C13H19NO2S/c1-9(2)10-4-6-11(7-5-10)17-8-13(3,14)12(15)16/h4-7,9H,8,14H2,1-3H3,(H,15,16). The van der Waals surface area contributed by atoms with Crippen LogP contribution in [0, 0.1) is 0 Å². The number of benzene rings is 1. The number of carboxylic acids is 1. The van der Waals surface area contributed by atoms with Crippen LogP contribution in [0.5, 0.6) is 0 Å². The fourth-order valence-electron chi connectivity index (χ4n) is 1.24. The van der Waals surface area contributed by atoms with Crippen LogP contribution in [-0.2, 0) is 4.79 Å². The number of rotatable bonds is 5. The molecule has 0 saturated heterocycles. The van der Waals surface area contributed by atoms with Crippen molar-refractivity contribution in [1.82, 2.24) is 0 Å². The van der Waals surface area contributed by atoms with Crippen molar-refractivity contribution < 1.29 is 9.90 Å². The van der Waals surface area contributed by atoms with Crippen molar-refractivity contribution in [2.45, 2.75) is 37.1 Å². The third-order valence-electron chi connectivity index (χ3n) is 2.57. The van der Waals surface area contributed by atoms with Crippen LogP contribution >= 0.6 is 11.8 Å². The largest absolute Gasteiger partial charge is 0.480 e. The molecule has 1 unspecified atom stereocenters. The Balaban J connectivity index is 2.62. The van der Waals surface area contributed by atoms with E-state index >= 15 is 0 Å². The van der Waals surface area contributed by atoms with Crippen molar-refractivity contribution in [3.05, 3.63) is 29.8 Å². The maximum Gasteiger partial charge on any atom is 0.324 e. The van der Waals surface area contributed by atoms with Crippen LogP contribution in [-0.4, -0.2) is 22.4 Å². The average Bonchev–Trinajstić information content (AvgIpc) is 2.27. The topological polar surface area (TPSA) is 63.3 Å². The molecule has 1 aromatic carbocycles. The van der Waals surface area contributed by atoms with Gasteiger partial charge in [0, 0.05) is 10.6 Å². The summed E-state index contributed by atoms with van der Waals surface area (Å²) in [5.74, 6) is -0.0970. The Morgan fingerprint density at radius 2 is 1.94 bits per heavy atom. The van der Waals surface area contributed by atoms with Gasteiger partial charge in [0.2, 0.25) is 0 Å². The summed E-state index contributed by atoms with van der Waals surface area (Å²) in [5, 5.41) is 8.90. The monoisotopic (exact) mass is 253 g/mol. The quantitative estimate of drug-likeness (QED) is 0.792. The Morgan fingerprint density at radius 3 is 2.35 bits per heavy atom. The highest BCUT2D eigenvalue weighted by atomic mass is 32.2. The summed E-state index contributed by atoms with van der Waals surface area (Å²) in [6.45, 7) is 5.82. The first-order valence-corrected chi connectivity index (χ1v) is 6.56. The highest BCUT2D eigenvalue weighted by Crippen LogP contribution is 2.24. The zero-order valence-corrected chi connectivity index (χ0v) is 11.3. The summed E-state index contributed by atoms with van der Waals surface area (Å²) >= 11 is 1.47. The number of carbonyl (C=O) groups is 1. The summed E-state index contributed by atoms with van der Waals surface area (Å²) in [6, 6.07) is 8.17. The fourth-order valence-corrected chi connectivity index (χ4v) is 2.16. The summed E-state index contributed by atoms with van der Waals surface area (Å²) < 4.78 is 0. The molecular weight excluding hydrogens is 234 g/mol. The summed E-state index contributed by atoms with van der Waals surface area (Å²) in [4.78, 5) is 11.9. The number of thioether (sulfide) groups is 1. The van der Waals surface area contributed by atoms with E-state index in [1.807, 2.05) is 12.1 Å². The Kier molecular flexibility index (Phi) is 4.60. The van der Waals surface area contributed by atoms with Gasteiger partial charge in [-0.15, -0.1) is 11.8 Å². The van der Waals surface area contributed by atoms with Crippen LogP contribution in [0.15, 0.2) is 29.2 Å². The van der Waals surface area contributed by atoms with Crippen LogP contribution in [0.4, 0.5) is 0 Å². The first-order valence-electron chi connectivity index (χ1n) is 5.58. The van der Waals surface area contributed by atoms with Crippen molar-refractivity contribution in [2.75, 3.05) is 5.75 Å². The van der Waals surface area contributed by atoms with Gasteiger partial charge in [-0.2, -0.15) is 0 Å². The molecule has 94 valence electrons. The maximum absolute atomic E-state index is 10.8. The lowest BCUT2D eigenvalue weighted by Crippen LogP contribution is -2.47. The van der Waals surface area contributed by atoms with Gasteiger partial charge in [-0.25, -0.2) is 0 Å². The average molecular weight is 253 g/mol. The predicted octanol–water partition coefficient (Wildman–Crippen LogP) is 2.70. The zero-order chi connectivity index (χ0) is 13.1. The molecule has 0 amide bonds. The molecule has 1 aromatic rings. The molecule has 0 aliphatic rings. The van der Waals surface area contributed by atoms with E-state index in [1.54, 1.807) is 0 Å². The van der Waals surface area contributed by atoms with E-state index in [9.17, 15) is 4.79 Å². The second-order valence-corrected chi connectivity index (χ2v) is 5.78. The van der Waals surface area contributed by atoms with Crippen molar-refractivity contribution in [1.29, 1.82) is 0 Å². The minimum Gasteiger partial charge on any atom is -0.480 e.